The maximum absolute atomic E-state index is 10.0. The fourth-order valence-electron chi connectivity index (χ4n) is 5.22. The van der Waals surface area contributed by atoms with Crippen molar-refractivity contribution < 1.29 is 14.6 Å². The van der Waals surface area contributed by atoms with Gasteiger partial charge >= 0.3 is 0 Å². The SMILES string of the molecule is C[C@H]1CC[C@]2(C)[C@H](CCCC23OCCO3)[C@@]1(C)CO. The molecular formula is C16H28O3. The first-order valence-electron chi connectivity index (χ1n) is 7.87. The largest absolute Gasteiger partial charge is 0.396 e. The summed E-state index contributed by atoms with van der Waals surface area (Å²) in [6, 6.07) is 0. The van der Waals surface area contributed by atoms with Gasteiger partial charge in [0, 0.05) is 18.4 Å². The molecule has 1 spiro atoms. The van der Waals surface area contributed by atoms with Crippen molar-refractivity contribution in [2.75, 3.05) is 19.8 Å². The van der Waals surface area contributed by atoms with Crippen LogP contribution in [0.3, 0.4) is 0 Å². The molecule has 0 aromatic heterocycles. The highest BCUT2D eigenvalue weighted by atomic mass is 16.7. The number of rotatable bonds is 1. The smallest absolute Gasteiger partial charge is 0.174 e. The molecule has 19 heavy (non-hydrogen) atoms. The van der Waals surface area contributed by atoms with Gasteiger partial charge in [-0.1, -0.05) is 20.8 Å². The number of hydrogen-bond donors (Lipinski definition) is 1. The van der Waals surface area contributed by atoms with Gasteiger partial charge in [0.15, 0.2) is 5.79 Å². The first kappa shape index (κ1) is 13.8. The third-order valence-electron chi connectivity index (χ3n) is 6.75. The van der Waals surface area contributed by atoms with Crippen molar-refractivity contribution in [3.05, 3.63) is 0 Å². The Morgan fingerprint density at radius 2 is 1.79 bits per heavy atom. The van der Waals surface area contributed by atoms with Crippen molar-refractivity contribution in [1.82, 2.24) is 0 Å². The number of ether oxygens (including phenoxy) is 2. The highest BCUT2D eigenvalue weighted by molar-refractivity contribution is 5.09. The fourth-order valence-corrected chi connectivity index (χ4v) is 5.22. The molecule has 110 valence electrons. The van der Waals surface area contributed by atoms with Crippen molar-refractivity contribution in [3.8, 4) is 0 Å². The molecule has 0 amide bonds. The van der Waals surface area contributed by atoms with E-state index in [2.05, 4.69) is 20.8 Å². The summed E-state index contributed by atoms with van der Waals surface area (Å²) in [5.74, 6) is 0.708. The maximum Gasteiger partial charge on any atom is 0.174 e. The molecule has 0 unspecified atom stereocenters. The molecule has 0 aromatic carbocycles. The zero-order valence-corrected chi connectivity index (χ0v) is 12.6. The van der Waals surface area contributed by atoms with Crippen LogP contribution in [0.15, 0.2) is 0 Å². The van der Waals surface area contributed by atoms with Gasteiger partial charge in [-0.05, 0) is 42.9 Å². The van der Waals surface area contributed by atoms with Crippen LogP contribution in [0, 0.1) is 22.7 Å². The standard InChI is InChI=1S/C16H28O3/c1-12-6-8-15(3)13(14(12,2)11-17)5-4-7-16(15)18-9-10-19-16/h12-13,17H,4-11H2,1-3H3/t12-,13+,14-,15+/m0/s1. The normalized spacial score (nSPS) is 49.3. The van der Waals surface area contributed by atoms with Crippen LogP contribution in [0.4, 0.5) is 0 Å². The van der Waals surface area contributed by atoms with Gasteiger partial charge in [0.2, 0.25) is 0 Å². The van der Waals surface area contributed by atoms with Gasteiger partial charge in [-0.3, -0.25) is 0 Å². The van der Waals surface area contributed by atoms with Crippen molar-refractivity contribution in [1.29, 1.82) is 0 Å². The Kier molecular flexibility index (Phi) is 3.23. The lowest BCUT2D eigenvalue weighted by molar-refractivity contribution is -0.299. The van der Waals surface area contributed by atoms with E-state index in [4.69, 9.17) is 9.47 Å². The van der Waals surface area contributed by atoms with Gasteiger partial charge in [0.05, 0.1) is 13.2 Å². The molecule has 0 radical (unpaired) electrons. The van der Waals surface area contributed by atoms with Gasteiger partial charge in [0.1, 0.15) is 0 Å². The first-order valence-corrected chi connectivity index (χ1v) is 7.87. The molecule has 1 aliphatic heterocycles. The summed E-state index contributed by atoms with van der Waals surface area (Å²) in [7, 11) is 0. The van der Waals surface area contributed by atoms with E-state index in [1.165, 1.54) is 12.8 Å². The second-order valence-electron chi connectivity index (χ2n) is 7.42. The van der Waals surface area contributed by atoms with Gasteiger partial charge in [-0.2, -0.15) is 0 Å². The first-order chi connectivity index (χ1) is 8.98. The predicted molar refractivity (Wildman–Crippen MR) is 73.7 cm³/mol. The third-order valence-corrected chi connectivity index (χ3v) is 6.75. The molecule has 0 bridgehead atoms. The lowest BCUT2D eigenvalue weighted by atomic mass is 9.46. The number of aliphatic hydroxyl groups excluding tert-OH is 1. The summed E-state index contributed by atoms with van der Waals surface area (Å²) in [5, 5.41) is 10.0. The van der Waals surface area contributed by atoms with Crippen LogP contribution in [0.5, 0.6) is 0 Å². The van der Waals surface area contributed by atoms with Crippen molar-refractivity contribution in [2.45, 2.75) is 58.7 Å². The highest BCUT2D eigenvalue weighted by Crippen LogP contribution is 2.64. The average molecular weight is 268 g/mol. The third kappa shape index (κ3) is 1.68. The molecule has 2 saturated carbocycles. The van der Waals surface area contributed by atoms with Crippen molar-refractivity contribution in [2.24, 2.45) is 22.7 Å². The van der Waals surface area contributed by atoms with Crippen LogP contribution in [0.25, 0.3) is 0 Å². The molecule has 3 nitrogen and oxygen atoms in total. The van der Waals surface area contributed by atoms with Crippen molar-refractivity contribution in [3.63, 3.8) is 0 Å². The minimum absolute atomic E-state index is 0.00965. The molecule has 0 aromatic rings. The zero-order valence-electron chi connectivity index (χ0n) is 12.6. The second-order valence-corrected chi connectivity index (χ2v) is 7.42. The molecular weight excluding hydrogens is 240 g/mol. The second kappa shape index (κ2) is 4.44. The van der Waals surface area contributed by atoms with E-state index < -0.39 is 0 Å². The minimum atomic E-state index is -0.369. The average Bonchev–Trinajstić information content (AvgIpc) is 2.87. The lowest BCUT2D eigenvalue weighted by Crippen LogP contribution is -2.62. The van der Waals surface area contributed by atoms with Gasteiger partial charge < -0.3 is 14.6 Å². The summed E-state index contributed by atoms with van der Waals surface area (Å²) >= 11 is 0. The fraction of sp³-hybridized carbons (Fsp3) is 1.00. The number of hydrogen-bond acceptors (Lipinski definition) is 3. The Labute approximate surface area is 116 Å². The van der Waals surface area contributed by atoms with E-state index in [1.54, 1.807) is 0 Å². The lowest BCUT2D eigenvalue weighted by Gasteiger charge is -2.62. The van der Waals surface area contributed by atoms with Crippen LogP contribution < -0.4 is 0 Å². The van der Waals surface area contributed by atoms with E-state index in [1.807, 2.05) is 0 Å². The molecule has 3 rings (SSSR count). The van der Waals surface area contributed by atoms with Crippen molar-refractivity contribution >= 4 is 0 Å². The summed E-state index contributed by atoms with van der Waals surface area (Å²) in [4.78, 5) is 0. The Morgan fingerprint density at radius 1 is 1.11 bits per heavy atom. The number of fused-ring (bicyclic) bond motifs is 2. The summed E-state index contributed by atoms with van der Waals surface area (Å²) in [6.45, 7) is 8.66. The van der Waals surface area contributed by atoms with Gasteiger partial charge in [-0.25, -0.2) is 0 Å². The minimum Gasteiger partial charge on any atom is -0.396 e. The molecule has 1 heterocycles. The number of aliphatic hydroxyl groups is 1. The van der Waals surface area contributed by atoms with E-state index in [-0.39, 0.29) is 23.2 Å². The molecule has 3 aliphatic rings. The van der Waals surface area contributed by atoms with E-state index in [0.717, 1.165) is 32.5 Å². The Bertz CT molecular complexity index is 350. The van der Waals surface area contributed by atoms with Crippen LogP contribution in [-0.4, -0.2) is 30.7 Å². The van der Waals surface area contributed by atoms with Crippen LogP contribution in [-0.2, 0) is 9.47 Å². The van der Waals surface area contributed by atoms with E-state index in [9.17, 15) is 5.11 Å². The summed E-state index contributed by atoms with van der Waals surface area (Å²) in [5.41, 5.74) is 0.0709. The molecule has 1 N–H and O–H groups in total. The summed E-state index contributed by atoms with van der Waals surface area (Å²) in [6.07, 6.45) is 5.71. The topological polar surface area (TPSA) is 38.7 Å². The van der Waals surface area contributed by atoms with Crippen LogP contribution in [0.1, 0.15) is 52.9 Å². The molecule has 4 atom stereocenters. The summed E-state index contributed by atoms with van der Waals surface area (Å²) < 4.78 is 12.2. The van der Waals surface area contributed by atoms with E-state index in [0.29, 0.717) is 11.8 Å². The molecule has 3 fully saturated rings. The monoisotopic (exact) mass is 268 g/mol. The molecule has 3 heteroatoms. The van der Waals surface area contributed by atoms with Crippen LogP contribution >= 0.6 is 0 Å². The quantitative estimate of drug-likeness (QED) is 0.794. The van der Waals surface area contributed by atoms with E-state index >= 15 is 0 Å². The Balaban J connectivity index is 2.00. The zero-order chi connectivity index (χ0) is 13.7. The molecule has 1 saturated heterocycles. The molecule has 2 aliphatic carbocycles. The highest BCUT2D eigenvalue weighted by Gasteiger charge is 2.64. The van der Waals surface area contributed by atoms with Gasteiger partial charge in [0.25, 0.3) is 0 Å². The predicted octanol–water partition coefficient (Wildman–Crippen LogP) is 2.96. The maximum atomic E-state index is 10.0. The Hall–Kier alpha value is -0.120. The Morgan fingerprint density at radius 3 is 2.42 bits per heavy atom. The van der Waals surface area contributed by atoms with Crippen LogP contribution in [0.2, 0.25) is 0 Å². The van der Waals surface area contributed by atoms with Gasteiger partial charge in [-0.15, -0.1) is 0 Å².